The van der Waals surface area contributed by atoms with Gasteiger partial charge in [-0.15, -0.1) is 9.42 Å². The normalized spacial score (nSPS) is 26.4. The van der Waals surface area contributed by atoms with Gasteiger partial charge in [0.25, 0.3) is 5.56 Å². The number of aromatic amines is 1. The summed E-state index contributed by atoms with van der Waals surface area (Å²) in [5.74, 6) is 0. The molecule has 1 unspecified atom stereocenters. The smallest absolute Gasteiger partial charge is 0.390 e. The highest BCUT2D eigenvalue weighted by molar-refractivity contribution is 7.32. The number of aliphatic hydroxyl groups is 1. The van der Waals surface area contributed by atoms with Crippen molar-refractivity contribution in [1.29, 1.82) is 0 Å². The molecule has 0 aliphatic carbocycles. The number of hydrogen-bond acceptors (Lipinski definition) is 7. The summed E-state index contributed by atoms with van der Waals surface area (Å²) in [5, 5.41) is 9.89. The largest absolute Gasteiger partial charge is 0.694 e. The van der Waals surface area contributed by atoms with Crippen molar-refractivity contribution >= 4 is 19.4 Å². The van der Waals surface area contributed by atoms with Gasteiger partial charge >= 0.3 is 8.25 Å². The monoisotopic (exact) mass is 315 g/mol. The first kappa shape index (κ1) is 14.2. The maximum atomic E-state index is 11.6. The van der Waals surface area contributed by atoms with Gasteiger partial charge in [0, 0.05) is 11.0 Å². The van der Waals surface area contributed by atoms with Crippen molar-refractivity contribution in [3.63, 3.8) is 0 Å². The van der Waals surface area contributed by atoms with Crippen molar-refractivity contribution in [3.8, 4) is 0 Å². The molecular formula is C10H12N4O6P+. The van der Waals surface area contributed by atoms with Crippen molar-refractivity contribution in [2.45, 2.75) is 24.9 Å². The highest BCUT2D eigenvalue weighted by Gasteiger charge is 2.37. The summed E-state index contributed by atoms with van der Waals surface area (Å²) >= 11 is 0. The van der Waals surface area contributed by atoms with Crippen LogP contribution >= 0.6 is 8.25 Å². The van der Waals surface area contributed by atoms with E-state index < -0.39 is 26.7 Å². The number of H-pyrrole nitrogens is 1. The van der Waals surface area contributed by atoms with Crippen molar-refractivity contribution in [1.82, 2.24) is 19.5 Å². The van der Waals surface area contributed by atoms with Gasteiger partial charge < -0.3 is 14.8 Å². The molecule has 3 N–H and O–H groups in total. The first-order chi connectivity index (χ1) is 10.1. The average Bonchev–Trinajstić information content (AvgIpc) is 3.01. The predicted octanol–water partition coefficient (Wildman–Crippen LogP) is -0.566. The van der Waals surface area contributed by atoms with E-state index in [0.29, 0.717) is 5.65 Å². The molecule has 0 radical (unpaired) electrons. The van der Waals surface area contributed by atoms with Crippen molar-refractivity contribution in [3.05, 3.63) is 23.0 Å². The number of rotatable bonds is 4. The Hall–Kier alpha value is -1.71. The fourth-order valence-corrected chi connectivity index (χ4v) is 2.52. The van der Waals surface area contributed by atoms with Crippen molar-refractivity contribution in [2.24, 2.45) is 0 Å². The topological polar surface area (TPSA) is 140 Å². The third-order valence-corrected chi connectivity index (χ3v) is 3.60. The van der Waals surface area contributed by atoms with E-state index in [1.807, 2.05) is 0 Å². The third-order valence-electron chi connectivity index (χ3n) is 3.23. The van der Waals surface area contributed by atoms with E-state index in [0.717, 1.165) is 0 Å². The molecule has 4 atom stereocenters. The molecule has 1 aliphatic rings. The maximum Gasteiger partial charge on any atom is 0.694 e. The SMILES string of the molecule is O=c1[nH]cnc2c1ncn2[C@H]1C[C@H](O)[C@@H](CO[P+](=O)O)O1. The molecule has 2 aromatic rings. The van der Waals surface area contributed by atoms with Crippen LogP contribution in [0.1, 0.15) is 12.6 Å². The Morgan fingerprint density at radius 1 is 1.57 bits per heavy atom. The molecule has 1 aliphatic heterocycles. The molecule has 1 saturated heterocycles. The molecule has 0 aromatic carbocycles. The standard InChI is InChI=1S/C10H11N4O6P/c15-5-1-7(20-6(5)2-19-21(17)18)14-4-13-8-9(14)11-3-12-10(8)16/h3-7,15H,1-2H2,(H-,11,12,16,17,18)/p+1/t5-,6+,7+/m0/s1. The molecule has 11 heteroatoms. The zero-order valence-corrected chi connectivity index (χ0v) is 11.5. The first-order valence-corrected chi connectivity index (χ1v) is 7.22. The van der Waals surface area contributed by atoms with Gasteiger partial charge in [0.05, 0.1) is 18.8 Å². The fraction of sp³-hybridized carbons (Fsp3) is 0.500. The van der Waals surface area contributed by atoms with Crippen LogP contribution in [-0.2, 0) is 13.8 Å². The van der Waals surface area contributed by atoms with Crippen LogP contribution in [0.25, 0.3) is 11.2 Å². The lowest BCUT2D eigenvalue weighted by Crippen LogP contribution is -2.25. The number of nitrogens with one attached hydrogen (secondary N) is 1. The van der Waals surface area contributed by atoms with Crippen LogP contribution in [0.4, 0.5) is 0 Å². The second-order valence-electron chi connectivity index (χ2n) is 4.52. The molecular weight excluding hydrogens is 303 g/mol. The predicted molar refractivity (Wildman–Crippen MR) is 68.5 cm³/mol. The molecule has 0 bridgehead atoms. The molecule has 3 heterocycles. The van der Waals surface area contributed by atoms with Crippen molar-refractivity contribution in [2.75, 3.05) is 6.61 Å². The number of aliphatic hydroxyl groups excluding tert-OH is 1. The van der Waals surface area contributed by atoms with E-state index in [9.17, 15) is 14.5 Å². The van der Waals surface area contributed by atoms with Gasteiger partial charge in [0.15, 0.2) is 11.2 Å². The summed E-state index contributed by atoms with van der Waals surface area (Å²) in [6.45, 7) is -0.204. The Balaban J connectivity index is 1.82. The van der Waals surface area contributed by atoms with Gasteiger partial charge in [-0.2, -0.15) is 0 Å². The summed E-state index contributed by atoms with van der Waals surface area (Å²) in [7, 11) is -2.75. The molecule has 1 fully saturated rings. The summed E-state index contributed by atoms with van der Waals surface area (Å²) in [5.41, 5.74) is 0.147. The van der Waals surface area contributed by atoms with Crippen LogP contribution in [0.5, 0.6) is 0 Å². The van der Waals surface area contributed by atoms with Gasteiger partial charge in [-0.3, -0.25) is 9.36 Å². The second kappa shape index (κ2) is 5.58. The molecule has 2 aromatic heterocycles. The minimum Gasteiger partial charge on any atom is -0.390 e. The number of nitrogens with zero attached hydrogens (tertiary/aromatic N) is 3. The maximum absolute atomic E-state index is 11.6. The van der Waals surface area contributed by atoms with Gasteiger partial charge in [-0.25, -0.2) is 9.97 Å². The Morgan fingerprint density at radius 3 is 3.14 bits per heavy atom. The number of hydrogen-bond donors (Lipinski definition) is 3. The minimum atomic E-state index is -2.75. The zero-order valence-electron chi connectivity index (χ0n) is 10.6. The molecule has 0 spiro atoms. The molecule has 3 rings (SSSR count). The van der Waals surface area contributed by atoms with Crippen LogP contribution in [0.15, 0.2) is 17.4 Å². The van der Waals surface area contributed by atoms with Crippen LogP contribution in [0.2, 0.25) is 0 Å². The third kappa shape index (κ3) is 2.71. The number of imidazole rings is 1. The lowest BCUT2D eigenvalue weighted by molar-refractivity contribution is -0.0384. The minimum absolute atomic E-state index is 0.175. The lowest BCUT2D eigenvalue weighted by atomic mass is 10.2. The molecule has 0 saturated carbocycles. The summed E-state index contributed by atoms with van der Waals surface area (Å²) < 4.78 is 22.2. The Bertz CT molecular complexity index is 730. The van der Waals surface area contributed by atoms with Crippen molar-refractivity contribution < 1.29 is 23.8 Å². The first-order valence-electron chi connectivity index (χ1n) is 6.09. The van der Waals surface area contributed by atoms with E-state index in [1.165, 1.54) is 17.2 Å². The van der Waals surface area contributed by atoms with E-state index in [-0.39, 0.29) is 24.1 Å². The van der Waals surface area contributed by atoms with Gasteiger partial charge in [-0.1, -0.05) is 0 Å². The lowest BCUT2D eigenvalue weighted by Gasteiger charge is -2.13. The quantitative estimate of drug-likeness (QED) is 0.638. The van der Waals surface area contributed by atoms with Crippen LogP contribution < -0.4 is 5.56 Å². The average molecular weight is 315 g/mol. The summed E-state index contributed by atoms with van der Waals surface area (Å²) in [6.07, 6.45) is 0.718. The van der Waals surface area contributed by atoms with Crippen LogP contribution in [-0.4, -0.2) is 48.3 Å². The van der Waals surface area contributed by atoms with Crippen LogP contribution in [0.3, 0.4) is 0 Å². The Kier molecular flexibility index (Phi) is 3.79. The fourth-order valence-electron chi connectivity index (χ4n) is 2.25. The number of aromatic nitrogens is 4. The van der Waals surface area contributed by atoms with E-state index in [1.54, 1.807) is 0 Å². The van der Waals surface area contributed by atoms with Gasteiger partial charge in [0.1, 0.15) is 18.9 Å². The highest BCUT2D eigenvalue weighted by Crippen LogP contribution is 2.31. The zero-order chi connectivity index (χ0) is 15.0. The van der Waals surface area contributed by atoms with E-state index in [2.05, 4.69) is 19.5 Å². The summed E-state index contributed by atoms with van der Waals surface area (Å²) in [6, 6.07) is 0. The number of fused-ring (bicyclic) bond motifs is 1. The molecule has 21 heavy (non-hydrogen) atoms. The number of ether oxygens (including phenoxy) is 1. The molecule has 10 nitrogen and oxygen atoms in total. The van der Waals surface area contributed by atoms with Gasteiger partial charge in [0.2, 0.25) is 0 Å². The van der Waals surface area contributed by atoms with Crippen LogP contribution in [0, 0.1) is 0 Å². The Labute approximate surface area is 118 Å². The van der Waals surface area contributed by atoms with E-state index in [4.69, 9.17) is 9.63 Å². The second-order valence-corrected chi connectivity index (χ2v) is 5.26. The molecule has 0 amide bonds. The van der Waals surface area contributed by atoms with E-state index >= 15 is 0 Å². The Morgan fingerprint density at radius 2 is 2.38 bits per heavy atom. The summed E-state index contributed by atoms with van der Waals surface area (Å²) in [4.78, 5) is 30.6. The highest BCUT2D eigenvalue weighted by atomic mass is 31.1. The van der Waals surface area contributed by atoms with Gasteiger partial charge in [-0.05, 0) is 0 Å². The molecule has 112 valence electrons.